The van der Waals surface area contributed by atoms with Gasteiger partial charge in [0.2, 0.25) is 0 Å². The SMILES string of the molecule is CCC(C)C(C)N1CCOC(CNC)C1. The van der Waals surface area contributed by atoms with Crippen LogP contribution in [-0.2, 0) is 4.74 Å². The van der Waals surface area contributed by atoms with Crippen LogP contribution in [0.1, 0.15) is 27.2 Å². The molecule has 0 spiro atoms. The summed E-state index contributed by atoms with van der Waals surface area (Å²) in [4.78, 5) is 2.57. The first-order valence-electron chi connectivity index (χ1n) is 6.19. The van der Waals surface area contributed by atoms with Gasteiger partial charge in [0.25, 0.3) is 0 Å². The summed E-state index contributed by atoms with van der Waals surface area (Å²) in [6.07, 6.45) is 1.63. The zero-order chi connectivity index (χ0) is 11.3. The molecule has 3 unspecified atom stereocenters. The molecule has 3 atom stereocenters. The number of rotatable bonds is 5. The van der Waals surface area contributed by atoms with Crippen LogP contribution in [0.25, 0.3) is 0 Å². The second-order valence-electron chi connectivity index (χ2n) is 4.67. The van der Waals surface area contributed by atoms with E-state index in [1.807, 2.05) is 7.05 Å². The van der Waals surface area contributed by atoms with E-state index in [9.17, 15) is 0 Å². The molecule has 1 fully saturated rings. The maximum atomic E-state index is 5.71. The van der Waals surface area contributed by atoms with E-state index in [0.717, 1.165) is 32.2 Å². The molecule has 1 aliphatic heterocycles. The van der Waals surface area contributed by atoms with Crippen molar-refractivity contribution in [2.45, 2.75) is 39.3 Å². The Morgan fingerprint density at radius 2 is 2.20 bits per heavy atom. The Morgan fingerprint density at radius 3 is 2.80 bits per heavy atom. The summed E-state index contributed by atoms with van der Waals surface area (Å²) in [5, 5.41) is 3.19. The third-order valence-corrected chi connectivity index (χ3v) is 3.65. The number of morpholine rings is 1. The molecule has 1 saturated heterocycles. The van der Waals surface area contributed by atoms with Crippen molar-refractivity contribution < 1.29 is 4.74 Å². The van der Waals surface area contributed by atoms with Crippen molar-refractivity contribution in [2.75, 3.05) is 33.3 Å². The largest absolute Gasteiger partial charge is 0.374 e. The summed E-state index contributed by atoms with van der Waals surface area (Å²) in [6.45, 7) is 11.0. The summed E-state index contributed by atoms with van der Waals surface area (Å²) in [5.41, 5.74) is 0. The van der Waals surface area contributed by atoms with Crippen LogP contribution in [0.3, 0.4) is 0 Å². The Kier molecular flexibility index (Phi) is 5.58. The van der Waals surface area contributed by atoms with E-state index in [2.05, 4.69) is 31.0 Å². The highest BCUT2D eigenvalue weighted by Gasteiger charge is 2.25. The van der Waals surface area contributed by atoms with Crippen LogP contribution in [0.2, 0.25) is 0 Å². The van der Waals surface area contributed by atoms with Crippen molar-refractivity contribution >= 4 is 0 Å². The second kappa shape index (κ2) is 6.46. The Hall–Kier alpha value is -0.120. The molecule has 0 aromatic rings. The van der Waals surface area contributed by atoms with Gasteiger partial charge in [0, 0.05) is 25.7 Å². The van der Waals surface area contributed by atoms with Crippen LogP contribution < -0.4 is 5.32 Å². The minimum Gasteiger partial charge on any atom is -0.374 e. The Balaban J connectivity index is 2.41. The predicted octanol–water partition coefficient (Wildman–Crippen LogP) is 1.34. The van der Waals surface area contributed by atoms with Crippen molar-refractivity contribution in [3.8, 4) is 0 Å². The maximum Gasteiger partial charge on any atom is 0.0826 e. The molecule has 0 bridgehead atoms. The number of hydrogen-bond acceptors (Lipinski definition) is 3. The Bertz CT molecular complexity index is 173. The van der Waals surface area contributed by atoms with Gasteiger partial charge in [0.1, 0.15) is 0 Å². The number of likely N-dealkylation sites (N-methyl/N-ethyl adjacent to an activating group) is 1. The number of nitrogens with zero attached hydrogens (tertiary/aromatic N) is 1. The van der Waals surface area contributed by atoms with E-state index in [1.54, 1.807) is 0 Å². The maximum absolute atomic E-state index is 5.71. The molecule has 0 amide bonds. The lowest BCUT2D eigenvalue weighted by Gasteiger charge is -2.39. The summed E-state index contributed by atoms with van der Waals surface area (Å²) in [5.74, 6) is 0.776. The summed E-state index contributed by atoms with van der Waals surface area (Å²) in [7, 11) is 1.99. The van der Waals surface area contributed by atoms with Crippen LogP contribution in [-0.4, -0.2) is 50.3 Å². The molecule has 1 aliphatic rings. The first-order valence-corrected chi connectivity index (χ1v) is 6.19. The van der Waals surface area contributed by atoms with Crippen LogP contribution in [0.4, 0.5) is 0 Å². The highest BCUT2D eigenvalue weighted by Crippen LogP contribution is 2.17. The van der Waals surface area contributed by atoms with Gasteiger partial charge in [-0.15, -0.1) is 0 Å². The molecule has 1 rings (SSSR count). The lowest BCUT2D eigenvalue weighted by Crippen LogP contribution is -2.51. The van der Waals surface area contributed by atoms with E-state index >= 15 is 0 Å². The normalized spacial score (nSPS) is 27.6. The summed E-state index contributed by atoms with van der Waals surface area (Å²) in [6, 6.07) is 0.679. The van der Waals surface area contributed by atoms with Gasteiger partial charge in [-0.1, -0.05) is 20.3 Å². The molecule has 0 radical (unpaired) electrons. The topological polar surface area (TPSA) is 24.5 Å². The van der Waals surface area contributed by atoms with Crippen molar-refractivity contribution in [3.63, 3.8) is 0 Å². The lowest BCUT2D eigenvalue weighted by atomic mass is 9.98. The van der Waals surface area contributed by atoms with Gasteiger partial charge >= 0.3 is 0 Å². The number of ether oxygens (including phenoxy) is 1. The highest BCUT2D eigenvalue weighted by atomic mass is 16.5. The molecule has 0 aromatic heterocycles. The van der Waals surface area contributed by atoms with Gasteiger partial charge in [0.15, 0.2) is 0 Å². The number of nitrogens with one attached hydrogen (secondary N) is 1. The monoisotopic (exact) mass is 214 g/mol. The van der Waals surface area contributed by atoms with Crippen LogP contribution >= 0.6 is 0 Å². The molecule has 90 valence electrons. The van der Waals surface area contributed by atoms with Gasteiger partial charge in [-0.2, -0.15) is 0 Å². The van der Waals surface area contributed by atoms with E-state index in [-0.39, 0.29) is 0 Å². The fourth-order valence-corrected chi connectivity index (χ4v) is 2.16. The quantitative estimate of drug-likeness (QED) is 0.747. The zero-order valence-corrected chi connectivity index (χ0v) is 10.6. The van der Waals surface area contributed by atoms with Gasteiger partial charge in [-0.05, 0) is 19.9 Å². The Labute approximate surface area is 94.2 Å². The second-order valence-corrected chi connectivity index (χ2v) is 4.67. The van der Waals surface area contributed by atoms with Gasteiger partial charge in [-0.25, -0.2) is 0 Å². The zero-order valence-electron chi connectivity index (χ0n) is 10.6. The average molecular weight is 214 g/mol. The Morgan fingerprint density at radius 1 is 1.47 bits per heavy atom. The van der Waals surface area contributed by atoms with Crippen LogP contribution in [0.15, 0.2) is 0 Å². The molecule has 3 heteroatoms. The fraction of sp³-hybridized carbons (Fsp3) is 1.00. The number of hydrogen-bond donors (Lipinski definition) is 1. The van der Waals surface area contributed by atoms with E-state index < -0.39 is 0 Å². The van der Waals surface area contributed by atoms with E-state index in [0.29, 0.717) is 12.1 Å². The molecule has 0 aromatic carbocycles. The van der Waals surface area contributed by atoms with Gasteiger partial charge in [-0.3, -0.25) is 4.90 Å². The molecule has 1 N–H and O–H groups in total. The predicted molar refractivity (Wildman–Crippen MR) is 64.2 cm³/mol. The van der Waals surface area contributed by atoms with Gasteiger partial charge in [0.05, 0.1) is 12.7 Å². The molecule has 15 heavy (non-hydrogen) atoms. The summed E-state index contributed by atoms with van der Waals surface area (Å²) < 4.78 is 5.71. The molecule has 0 aliphatic carbocycles. The van der Waals surface area contributed by atoms with Crippen molar-refractivity contribution in [1.82, 2.24) is 10.2 Å². The first-order chi connectivity index (χ1) is 7.19. The van der Waals surface area contributed by atoms with E-state index in [1.165, 1.54) is 6.42 Å². The molecular weight excluding hydrogens is 188 g/mol. The third kappa shape index (κ3) is 3.74. The highest BCUT2D eigenvalue weighted by molar-refractivity contribution is 4.79. The van der Waals surface area contributed by atoms with Crippen LogP contribution in [0, 0.1) is 5.92 Å². The third-order valence-electron chi connectivity index (χ3n) is 3.65. The lowest BCUT2D eigenvalue weighted by molar-refractivity contribution is -0.0460. The average Bonchev–Trinajstić information content (AvgIpc) is 2.28. The minimum absolute atomic E-state index is 0.371. The summed E-state index contributed by atoms with van der Waals surface area (Å²) >= 11 is 0. The molecule has 3 nitrogen and oxygen atoms in total. The van der Waals surface area contributed by atoms with Gasteiger partial charge < -0.3 is 10.1 Å². The minimum atomic E-state index is 0.371. The van der Waals surface area contributed by atoms with Crippen molar-refractivity contribution in [2.24, 2.45) is 5.92 Å². The molecule has 1 heterocycles. The van der Waals surface area contributed by atoms with E-state index in [4.69, 9.17) is 4.74 Å². The van der Waals surface area contributed by atoms with Crippen LogP contribution in [0.5, 0.6) is 0 Å². The van der Waals surface area contributed by atoms with Crippen molar-refractivity contribution in [3.05, 3.63) is 0 Å². The first kappa shape index (κ1) is 12.9. The molecule has 0 saturated carbocycles. The fourth-order valence-electron chi connectivity index (χ4n) is 2.16. The smallest absolute Gasteiger partial charge is 0.0826 e. The standard InChI is InChI=1S/C12H26N2O/c1-5-10(2)11(3)14-6-7-15-12(9-14)8-13-4/h10-13H,5-9H2,1-4H3. The molecular formula is C12H26N2O. The van der Waals surface area contributed by atoms with Crippen molar-refractivity contribution in [1.29, 1.82) is 0 Å².